The molecule has 0 spiro atoms. The van der Waals surface area contributed by atoms with Gasteiger partial charge in [-0.2, -0.15) is 0 Å². The Bertz CT molecular complexity index is 761. The van der Waals surface area contributed by atoms with Crippen LogP contribution in [0.5, 0.6) is 0 Å². The summed E-state index contributed by atoms with van der Waals surface area (Å²) in [6.07, 6.45) is 10.3. The molecule has 0 fully saturated rings. The first-order valence-corrected chi connectivity index (χ1v) is 9.30. The molecule has 5 nitrogen and oxygen atoms in total. The van der Waals surface area contributed by atoms with E-state index in [1.54, 1.807) is 13.0 Å². The zero-order valence-corrected chi connectivity index (χ0v) is 16.7. The van der Waals surface area contributed by atoms with E-state index in [1.165, 1.54) is 22.7 Å². The maximum Gasteiger partial charge on any atom is 0.310 e. The van der Waals surface area contributed by atoms with Gasteiger partial charge >= 0.3 is 5.91 Å². The Kier molecular flexibility index (Phi) is 11.7. The molecule has 2 rings (SSSR count). The number of amides is 1. The van der Waals surface area contributed by atoms with Gasteiger partial charge in [-0.25, -0.2) is 5.48 Å². The van der Waals surface area contributed by atoms with E-state index >= 15 is 0 Å². The SMILES string of the molecule is C=C/C(=C\C=C/C)CCNCCc1ccccc1.Cc1ccc(C(=O)NO)o1. The highest BCUT2D eigenvalue weighted by Crippen LogP contribution is 2.05. The second kappa shape index (κ2) is 14.2. The van der Waals surface area contributed by atoms with Crippen LogP contribution in [0.1, 0.15) is 35.2 Å². The lowest BCUT2D eigenvalue weighted by molar-refractivity contribution is 0.0675. The summed E-state index contributed by atoms with van der Waals surface area (Å²) in [5.74, 6) is 0.117. The lowest BCUT2D eigenvalue weighted by Gasteiger charge is -2.05. The van der Waals surface area contributed by atoms with Crippen LogP contribution in [0.2, 0.25) is 0 Å². The van der Waals surface area contributed by atoms with Gasteiger partial charge in [-0.05, 0) is 63.0 Å². The largest absolute Gasteiger partial charge is 0.456 e. The third kappa shape index (κ3) is 9.71. The number of furan rings is 1. The highest BCUT2D eigenvalue weighted by atomic mass is 16.5. The number of benzene rings is 1. The molecule has 1 amide bonds. The van der Waals surface area contributed by atoms with Crippen LogP contribution in [0.15, 0.2) is 83.3 Å². The van der Waals surface area contributed by atoms with Gasteiger partial charge in [0.15, 0.2) is 5.76 Å². The minimum atomic E-state index is -0.631. The Hall–Kier alpha value is -2.89. The topological polar surface area (TPSA) is 74.5 Å². The van der Waals surface area contributed by atoms with Crippen LogP contribution in [-0.2, 0) is 6.42 Å². The molecule has 0 aliphatic carbocycles. The number of rotatable bonds is 9. The van der Waals surface area contributed by atoms with Crippen LogP contribution in [0.4, 0.5) is 0 Å². The third-order valence-electron chi connectivity index (χ3n) is 3.85. The second-order valence-electron chi connectivity index (χ2n) is 6.06. The molecule has 5 heteroatoms. The molecular weight excluding hydrogens is 352 g/mol. The normalized spacial score (nSPS) is 11.0. The van der Waals surface area contributed by atoms with Gasteiger partial charge in [0.1, 0.15) is 5.76 Å². The monoisotopic (exact) mass is 382 g/mol. The molecule has 0 atom stereocenters. The van der Waals surface area contributed by atoms with Crippen molar-refractivity contribution in [3.05, 3.63) is 96.0 Å². The number of carbonyl (C=O) groups is 1. The summed E-state index contributed by atoms with van der Waals surface area (Å²) in [6, 6.07) is 13.7. The number of nitrogens with one attached hydrogen (secondary N) is 2. The summed E-state index contributed by atoms with van der Waals surface area (Å²) < 4.78 is 4.86. The molecular formula is C23H30N2O3. The number of allylic oxidation sites excluding steroid dienone is 4. The lowest BCUT2D eigenvalue weighted by atomic mass is 10.1. The molecule has 28 heavy (non-hydrogen) atoms. The first kappa shape index (κ1) is 23.1. The van der Waals surface area contributed by atoms with E-state index in [0.717, 1.165) is 25.9 Å². The molecule has 3 N–H and O–H groups in total. The van der Waals surface area contributed by atoms with Gasteiger partial charge in [0.25, 0.3) is 0 Å². The van der Waals surface area contributed by atoms with Crippen LogP contribution in [0.3, 0.4) is 0 Å². The van der Waals surface area contributed by atoms with E-state index in [-0.39, 0.29) is 5.76 Å². The van der Waals surface area contributed by atoms with E-state index < -0.39 is 5.91 Å². The van der Waals surface area contributed by atoms with Crippen LogP contribution < -0.4 is 10.8 Å². The summed E-state index contributed by atoms with van der Waals surface area (Å²) in [6.45, 7) is 9.60. The van der Waals surface area contributed by atoms with Crippen LogP contribution in [0, 0.1) is 6.92 Å². The van der Waals surface area contributed by atoms with E-state index in [9.17, 15) is 4.79 Å². The Balaban J connectivity index is 0.000000330. The van der Waals surface area contributed by atoms with Crippen molar-refractivity contribution in [3.8, 4) is 0 Å². The standard InChI is InChI=1S/C17H23N.C6H7NO3/c1-3-5-9-16(4-2)12-14-18-15-13-17-10-7-6-8-11-17;1-4-2-3-5(10-4)6(8)7-9/h3-11,18H,2,12-15H2,1H3;2-3,9H,1H3,(H,7,8)/b5-3-,16-9+;. The number of carbonyl (C=O) groups excluding carboxylic acids is 1. The molecule has 0 saturated heterocycles. The van der Waals surface area contributed by atoms with Crippen molar-refractivity contribution in [1.29, 1.82) is 0 Å². The second-order valence-corrected chi connectivity index (χ2v) is 6.06. The molecule has 0 unspecified atom stereocenters. The predicted octanol–water partition coefficient (Wildman–Crippen LogP) is 4.60. The Morgan fingerprint density at radius 1 is 1.18 bits per heavy atom. The highest BCUT2D eigenvalue weighted by Gasteiger charge is 2.06. The Morgan fingerprint density at radius 3 is 2.50 bits per heavy atom. The van der Waals surface area contributed by atoms with Crippen molar-refractivity contribution in [2.75, 3.05) is 13.1 Å². The quantitative estimate of drug-likeness (QED) is 0.256. The molecule has 1 aromatic heterocycles. The molecule has 150 valence electrons. The Morgan fingerprint density at radius 2 is 1.93 bits per heavy atom. The van der Waals surface area contributed by atoms with Gasteiger partial charge in [0.05, 0.1) is 0 Å². The maximum absolute atomic E-state index is 10.6. The molecule has 0 saturated carbocycles. The summed E-state index contributed by atoms with van der Waals surface area (Å²) >= 11 is 0. The maximum atomic E-state index is 10.6. The van der Waals surface area contributed by atoms with E-state index in [1.807, 2.05) is 19.1 Å². The van der Waals surface area contributed by atoms with E-state index in [2.05, 4.69) is 54.4 Å². The van der Waals surface area contributed by atoms with Gasteiger partial charge in [0, 0.05) is 0 Å². The molecule has 1 heterocycles. The van der Waals surface area contributed by atoms with Crippen molar-refractivity contribution in [3.63, 3.8) is 0 Å². The smallest absolute Gasteiger partial charge is 0.310 e. The molecule has 0 radical (unpaired) electrons. The number of hydroxylamine groups is 1. The first-order valence-electron chi connectivity index (χ1n) is 9.30. The average Bonchev–Trinajstić information content (AvgIpc) is 3.17. The molecule has 0 aliphatic heterocycles. The average molecular weight is 383 g/mol. The van der Waals surface area contributed by atoms with Crippen molar-refractivity contribution < 1.29 is 14.4 Å². The zero-order valence-electron chi connectivity index (χ0n) is 16.7. The van der Waals surface area contributed by atoms with Crippen molar-refractivity contribution in [1.82, 2.24) is 10.8 Å². The fraction of sp³-hybridized carbons (Fsp3) is 0.261. The minimum absolute atomic E-state index is 0.111. The van der Waals surface area contributed by atoms with Crippen molar-refractivity contribution >= 4 is 5.91 Å². The van der Waals surface area contributed by atoms with Gasteiger partial charge in [-0.1, -0.05) is 61.2 Å². The van der Waals surface area contributed by atoms with Gasteiger partial charge in [-0.3, -0.25) is 10.0 Å². The van der Waals surface area contributed by atoms with Gasteiger partial charge in [-0.15, -0.1) is 0 Å². The van der Waals surface area contributed by atoms with Gasteiger partial charge in [0.2, 0.25) is 0 Å². The number of aryl methyl sites for hydroxylation is 1. The fourth-order valence-electron chi connectivity index (χ4n) is 2.32. The number of hydrogen-bond acceptors (Lipinski definition) is 4. The van der Waals surface area contributed by atoms with Crippen LogP contribution in [0.25, 0.3) is 0 Å². The lowest BCUT2D eigenvalue weighted by Crippen LogP contribution is -2.18. The summed E-state index contributed by atoms with van der Waals surface area (Å²) in [4.78, 5) is 10.6. The highest BCUT2D eigenvalue weighted by molar-refractivity contribution is 5.90. The molecule has 1 aromatic carbocycles. The predicted molar refractivity (Wildman–Crippen MR) is 113 cm³/mol. The summed E-state index contributed by atoms with van der Waals surface area (Å²) in [7, 11) is 0. The fourth-order valence-corrected chi connectivity index (χ4v) is 2.32. The molecule has 2 aromatic rings. The van der Waals surface area contributed by atoms with Gasteiger partial charge < -0.3 is 9.73 Å². The van der Waals surface area contributed by atoms with Crippen LogP contribution >= 0.6 is 0 Å². The third-order valence-corrected chi connectivity index (χ3v) is 3.85. The zero-order chi connectivity index (χ0) is 20.6. The van der Waals surface area contributed by atoms with Crippen molar-refractivity contribution in [2.45, 2.75) is 26.7 Å². The van der Waals surface area contributed by atoms with Crippen molar-refractivity contribution in [2.24, 2.45) is 0 Å². The summed E-state index contributed by atoms with van der Waals surface area (Å²) in [5.41, 5.74) is 4.13. The van der Waals surface area contributed by atoms with E-state index in [4.69, 9.17) is 9.62 Å². The van der Waals surface area contributed by atoms with E-state index in [0.29, 0.717) is 5.76 Å². The molecule has 0 bridgehead atoms. The minimum Gasteiger partial charge on any atom is -0.456 e. The Labute approximate surface area is 167 Å². The molecule has 0 aliphatic rings. The first-order chi connectivity index (χ1) is 13.6. The number of hydrogen-bond donors (Lipinski definition) is 3. The van der Waals surface area contributed by atoms with Crippen LogP contribution in [-0.4, -0.2) is 24.2 Å². The summed E-state index contributed by atoms with van der Waals surface area (Å²) in [5, 5.41) is 11.6.